The van der Waals surface area contributed by atoms with E-state index in [1.54, 1.807) is 25.1 Å². The standard InChI is InChI=1S/C18H19N3O2/c1-12(22)21-10-4-9-17(21)16-8-3-7-15(20-16)13-5-2-6-14(11-13)18(19)23/h2-3,5-8,11,17H,4,9-10H2,1H3,(H2,19,23). The molecule has 2 aromatic rings. The number of benzene rings is 1. The first-order valence-corrected chi connectivity index (χ1v) is 7.70. The molecule has 1 unspecified atom stereocenters. The molecular weight excluding hydrogens is 290 g/mol. The van der Waals surface area contributed by atoms with Crippen LogP contribution in [0.1, 0.15) is 41.9 Å². The molecule has 0 spiro atoms. The molecule has 2 amide bonds. The summed E-state index contributed by atoms with van der Waals surface area (Å²) in [6.45, 7) is 2.38. The molecule has 23 heavy (non-hydrogen) atoms. The Labute approximate surface area is 135 Å². The fourth-order valence-electron chi connectivity index (χ4n) is 3.08. The molecule has 0 saturated carbocycles. The van der Waals surface area contributed by atoms with Crippen LogP contribution in [-0.4, -0.2) is 28.2 Å². The first kappa shape index (κ1) is 15.2. The molecule has 1 atom stereocenters. The van der Waals surface area contributed by atoms with Crippen LogP contribution in [0, 0.1) is 0 Å². The lowest BCUT2D eigenvalue weighted by Gasteiger charge is -2.23. The number of rotatable bonds is 3. The average Bonchev–Trinajstić information content (AvgIpc) is 3.05. The highest BCUT2D eigenvalue weighted by Gasteiger charge is 2.28. The van der Waals surface area contributed by atoms with Crippen molar-refractivity contribution in [3.8, 4) is 11.3 Å². The second-order valence-electron chi connectivity index (χ2n) is 5.76. The van der Waals surface area contributed by atoms with Gasteiger partial charge in [0.05, 0.1) is 17.4 Å². The van der Waals surface area contributed by atoms with Gasteiger partial charge in [-0.3, -0.25) is 14.6 Å². The molecule has 0 bridgehead atoms. The van der Waals surface area contributed by atoms with Gasteiger partial charge in [-0.2, -0.15) is 0 Å². The Morgan fingerprint density at radius 3 is 2.74 bits per heavy atom. The van der Waals surface area contributed by atoms with Gasteiger partial charge in [0.1, 0.15) is 0 Å². The van der Waals surface area contributed by atoms with E-state index >= 15 is 0 Å². The van der Waals surface area contributed by atoms with Gasteiger partial charge in [-0.05, 0) is 37.1 Å². The smallest absolute Gasteiger partial charge is 0.248 e. The fourth-order valence-corrected chi connectivity index (χ4v) is 3.08. The molecule has 1 aliphatic rings. The molecule has 1 aliphatic heterocycles. The lowest BCUT2D eigenvalue weighted by molar-refractivity contribution is -0.129. The van der Waals surface area contributed by atoms with Crippen LogP contribution in [0.3, 0.4) is 0 Å². The number of pyridine rings is 1. The molecule has 1 aromatic heterocycles. The zero-order chi connectivity index (χ0) is 16.4. The molecule has 3 rings (SSSR count). The van der Waals surface area contributed by atoms with E-state index in [-0.39, 0.29) is 11.9 Å². The fraction of sp³-hybridized carbons (Fsp3) is 0.278. The lowest BCUT2D eigenvalue weighted by atomic mass is 10.1. The first-order chi connectivity index (χ1) is 11.1. The van der Waals surface area contributed by atoms with Gasteiger partial charge in [-0.25, -0.2) is 0 Å². The Balaban J connectivity index is 1.95. The van der Waals surface area contributed by atoms with Crippen LogP contribution in [0.5, 0.6) is 0 Å². The summed E-state index contributed by atoms with van der Waals surface area (Å²) in [5, 5.41) is 0. The number of nitrogens with two attached hydrogens (primary N) is 1. The molecule has 5 heteroatoms. The minimum Gasteiger partial charge on any atom is -0.366 e. The van der Waals surface area contributed by atoms with E-state index in [4.69, 9.17) is 10.7 Å². The Hall–Kier alpha value is -2.69. The van der Waals surface area contributed by atoms with E-state index in [0.717, 1.165) is 36.3 Å². The maximum atomic E-state index is 11.8. The number of hydrogen-bond donors (Lipinski definition) is 1. The Morgan fingerprint density at radius 2 is 2.00 bits per heavy atom. The minimum atomic E-state index is -0.457. The van der Waals surface area contributed by atoms with Gasteiger partial charge in [0, 0.05) is 24.6 Å². The monoisotopic (exact) mass is 309 g/mol. The van der Waals surface area contributed by atoms with Crippen LogP contribution in [0.25, 0.3) is 11.3 Å². The van der Waals surface area contributed by atoms with Crippen LogP contribution in [0.15, 0.2) is 42.5 Å². The highest BCUT2D eigenvalue weighted by Crippen LogP contribution is 2.32. The van der Waals surface area contributed by atoms with Gasteiger partial charge in [0.15, 0.2) is 0 Å². The van der Waals surface area contributed by atoms with Gasteiger partial charge < -0.3 is 10.6 Å². The van der Waals surface area contributed by atoms with Crippen molar-refractivity contribution in [1.29, 1.82) is 0 Å². The molecule has 1 saturated heterocycles. The van der Waals surface area contributed by atoms with Crippen molar-refractivity contribution >= 4 is 11.8 Å². The molecule has 5 nitrogen and oxygen atoms in total. The predicted molar refractivity (Wildman–Crippen MR) is 87.6 cm³/mol. The average molecular weight is 309 g/mol. The predicted octanol–water partition coefficient (Wildman–Crippen LogP) is 2.53. The maximum Gasteiger partial charge on any atom is 0.248 e. The summed E-state index contributed by atoms with van der Waals surface area (Å²) in [5.74, 6) is -0.378. The third kappa shape index (κ3) is 3.08. The van der Waals surface area contributed by atoms with Crippen LogP contribution in [-0.2, 0) is 4.79 Å². The van der Waals surface area contributed by atoms with E-state index in [0.29, 0.717) is 5.56 Å². The Bertz CT molecular complexity index is 757. The summed E-state index contributed by atoms with van der Waals surface area (Å²) in [7, 11) is 0. The zero-order valence-electron chi connectivity index (χ0n) is 13.0. The normalized spacial score (nSPS) is 17.3. The third-order valence-corrected chi connectivity index (χ3v) is 4.21. The second kappa shape index (κ2) is 6.20. The van der Waals surface area contributed by atoms with Crippen LogP contribution >= 0.6 is 0 Å². The largest absolute Gasteiger partial charge is 0.366 e. The van der Waals surface area contributed by atoms with Crippen LogP contribution in [0.2, 0.25) is 0 Å². The van der Waals surface area contributed by atoms with Crippen LogP contribution in [0.4, 0.5) is 0 Å². The topological polar surface area (TPSA) is 76.3 Å². The number of amides is 2. The number of carbonyl (C=O) groups is 2. The molecule has 1 fully saturated rings. The quantitative estimate of drug-likeness (QED) is 0.946. The number of carbonyl (C=O) groups excluding carboxylic acids is 2. The maximum absolute atomic E-state index is 11.8. The summed E-state index contributed by atoms with van der Waals surface area (Å²) in [6.07, 6.45) is 1.92. The number of nitrogens with zero attached hydrogens (tertiary/aromatic N) is 2. The summed E-state index contributed by atoms with van der Waals surface area (Å²) < 4.78 is 0. The van der Waals surface area contributed by atoms with E-state index < -0.39 is 5.91 Å². The molecule has 1 aromatic carbocycles. The summed E-state index contributed by atoms with van der Waals surface area (Å²) >= 11 is 0. The van der Waals surface area contributed by atoms with Crippen molar-refractivity contribution in [1.82, 2.24) is 9.88 Å². The van der Waals surface area contributed by atoms with Gasteiger partial charge in [-0.1, -0.05) is 18.2 Å². The molecule has 2 N–H and O–H groups in total. The van der Waals surface area contributed by atoms with Crippen molar-refractivity contribution < 1.29 is 9.59 Å². The highest BCUT2D eigenvalue weighted by atomic mass is 16.2. The molecule has 2 heterocycles. The summed E-state index contributed by atoms with van der Waals surface area (Å²) in [6, 6.07) is 12.9. The summed E-state index contributed by atoms with van der Waals surface area (Å²) in [4.78, 5) is 29.7. The third-order valence-electron chi connectivity index (χ3n) is 4.21. The Morgan fingerprint density at radius 1 is 1.22 bits per heavy atom. The van der Waals surface area contributed by atoms with Crippen molar-refractivity contribution in [3.63, 3.8) is 0 Å². The number of likely N-dealkylation sites (tertiary alicyclic amines) is 1. The van der Waals surface area contributed by atoms with E-state index in [2.05, 4.69) is 0 Å². The van der Waals surface area contributed by atoms with Crippen molar-refractivity contribution in [2.24, 2.45) is 5.73 Å². The molecule has 118 valence electrons. The number of primary amides is 1. The SMILES string of the molecule is CC(=O)N1CCCC1c1cccc(-c2cccc(C(N)=O)c2)n1. The first-order valence-electron chi connectivity index (χ1n) is 7.70. The van der Waals surface area contributed by atoms with Gasteiger partial charge in [-0.15, -0.1) is 0 Å². The van der Waals surface area contributed by atoms with Crippen molar-refractivity contribution in [2.45, 2.75) is 25.8 Å². The minimum absolute atomic E-state index is 0.0340. The molecular formula is C18H19N3O2. The van der Waals surface area contributed by atoms with E-state index in [1.165, 1.54) is 0 Å². The van der Waals surface area contributed by atoms with Crippen molar-refractivity contribution in [2.75, 3.05) is 6.54 Å². The number of aromatic nitrogens is 1. The lowest BCUT2D eigenvalue weighted by Crippen LogP contribution is -2.28. The van der Waals surface area contributed by atoms with Gasteiger partial charge in [0.2, 0.25) is 11.8 Å². The van der Waals surface area contributed by atoms with E-state index in [1.807, 2.05) is 29.2 Å². The Kier molecular flexibility index (Phi) is 4.10. The molecule has 0 aliphatic carbocycles. The molecule has 0 radical (unpaired) electrons. The zero-order valence-corrected chi connectivity index (χ0v) is 13.0. The van der Waals surface area contributed by atoms with Crippen LogP contribution < -0.4 is 5.73 Å². The highest BCUT2D eigenvalue weighted by molar-refractivity contribution is 5.94. The number of hydrogen-bond acceptors (Lipinski definition) is 3. The summed E-state index contributed by atoms with van der Waals surface area (Å²) in [5.41, 5.74) is 8.31. The van der Waals surface area contributed by atoms with Crippen molar-refractivity contribution in [3.05, 3.63) is 53.7 Å². The van der Waals surface area contributed by atoms with E-state index in [9.17, 15) is 9.59 Å². The second-order valence-corrected chi connectivity index (χ2v) is 5.76. The van der Waals surface area contributed by atoms with Gasteiger partial charge in [0.25, 0.3) is 0 Å². The van der Waals surface area contributed by atoms with Gasteiger partial charge >= 0.3 is 0 Å².